The van der Waals surface area contributed by atoms with Crippen molar-refractivity contribution in [3.05, 3.63) is 78.2 Å². The van der Waals surface area contributed by atoms with Crippen LogP contribution in [-0.2, 0) is 6.54 Å². The molecule has 6 nitrogen and oxygen atoms in total. The predicted octanol–water partition coefficient (Wildman–Crippen LogP) is 4.16. The number of aryl methyl sites for hydroxylation is 1. The maximum absolute atomic E-state index is 4.80. The number of benzene rings is 1. The first-order valence-corrected chi connectivity index (χ1v) is 9.17. The molecule has 0 amide bonds. The van der Waals surface area contributed by atoms with Crippen LogP contribution >= 0.6 is 0 Å². The lowest BCUT2D eigenvalue weighted by Gasteiger charge is -2.14. The van der Waals surface area contributed by atoms with Gasteiger partial charge in [-0.2, -0.15) is 0 Å². The Bertz CT molecular complexity index is 1090. The summed E-state index contributed by atoms with van der Waals surface area (Å²) in [5.41, 5.74) is 12.0. The van der Waals surface area contributed by atoms with E-state index in [0.717, 1.165) is 39.4 Å². The molecule has 0 saturated heterocycles. The van der Waals surface area contributed by atoms with E-state index in [9.17, 15) is 0 Å². The lowest BCUT2D eigenvalue weighted by molar-refractivity contribution is 0.976. The van der Waals surface area contributed by atoms with Crippen LogP contribution in [0.5, 0.6) is 0 Å². The molecule has 140 valence electrons. The molecule has 0 radical (unpaired) electrons. The van der Waals surface area contributed by atoms with Gasteiger partial charge in [0.05, 0.1) is 16.9 Å². The number of nitrogens with zero attached hydrogens (tertiary/aromatic N) is 3. The van der Waals surface area contributed by atoms with Crippen molar-refractivity contribution < 1.29 is 0 Å². The highest BCUT2D eigenvalue weighted by molar-refractivity contribution is 5.79. The van der Waals surface area contributed by atoms with E-state index in [4.69, 9.17) is 4.98 Å². The van der Waals surface area contributed by atoms with Crippen LogP contribution in [0.3, 0.4) is 0 Å². The van der Waals surface area contributed by atoms with E-state index in [1.165, 1.54) is 5.56 Å². The number of nitrogens with one attached hydrogen (secondary N) is 3. The van der Waals surface area contributed by atoms with Crippen LogP contribution in [0.25, 0.3) is 22.2 Å². The summed E-state index contributed by atoms with van der Waals surface area (Å²) >= 11 is 0. The standard InChI is InChI=1S/C22H22N6/c1-15-5-7-18(14-25-15)20-9-10-21(28-23-2)22(27-20)26-13-16-6-8-19-17(12-16)4-3-11-24-19/h3-12,14,23,28H,13H2,1-2H3,(H,26,27). The Morgan fingerprint density at radius 1 is 0.964 bits per heavy atom. The summed E-state index contributed by atoms with van der Waals surface area (Å²) in [6.07, 6.45) is 3.66. The van der Waals surface area contributed by atoms with Gasteiger partial charge < -0.3 is 10.7 Å². The fourth-order valence-corrected chi connectivity index (χ4v) is 3.03. The Hall–Kier alpha value is -3.51. The Kier molecular flexibility index (Phi) is 5.12. The molecule has 3 N–H and O–H groups in total. The first-order valence-electron chi connectivity index (χ1n) is 9.17. The number of hydrogen-bond acceptors (Lipinski definition) is 6. The minimum absolute atomic E-state index is 0.659. The normalized spacial score (nSPS) is 10.8. The highest BCUT2D eigenvalue weighted by Gasteiger charge is 2.08. The van der Waals surface area contributed by atoms with E-state index in [-0.39, 0.29) is 0 Å². The van der Waals surface area contributed by atoms with Gasteiger partial charge in [0.1, 0.15) is 0 Å². The Balaban J connectivity index is 1.60. The molecule has 0 bridgehead atoms. The van der Waals surface area contributed by atoms with Crippen molar-refractivity contribution in [2.24, 2.45) is 0 Å². The van der Waals surface area contributed by atoms with E-state index >= 15 is 0 Å². The summed E-state index contributed by atoms with van der Waals surface area (Å²) < 4.78 is 0. The summed E-state index contributed by atoms with van der Waals surface area (Å²) in [6, 6.07) is 18.3. The summed E-state index contributed by atoms with van der Waals surface area (Å²) in [7, 11) is 1.83. The van der Waals surface area contributed by atoms with Gasteiger partial charge in [0.25, 0.3) is 0 Å². The van der Waals surface area contributed by atoms with Gasteiger partial charge in [0.15, 0.2) is 5.82 Å². The van der Waals surface area contributed by atoms with Crippen LogP contribution in [0, 0.1) is 6.92 Å². The van der Waals surface area contributed by atoms with Crippen molar-refractivity contribution >= 4 is 22.4 Å². The largest absolute Gasteiger partial charge is 0.364 e. The van der Waals surface area contributed by atoms with Crippen molar-refractivity contribution in [2.45, 2.75) is 13.5 Å². The van der Waals surface area contributed by atoms with Gasteiger partial charge in [0.2, 0.25) is 0 Å². The fraction of sp³-hybridized carbons (Fsp3) is 0.136. The SMILES string of the molecule is CNNc1ccc(-c2ccc(C)nc2)nc1NCc1ccc2ncccc2c1. The minimum atomic E-state index is 0.659. The molecule has 3 aromatic heterocycles. The van der Waals surface area contributed by atoms with E-state index in [1.54, 1.807) is 0 Å². The van der Waals surface area contributed by atoms with Gasteiger partial charge in [-0.15, -0.1) is 0 Å². The van der Waals surface area contributed by atoms with Crippen LogP contribution in [0.2, 0.25) is 0 Å². The zero-order valence-electron chi connectivity index (χ0n) is 15.9. The highest BCUT2D eigenvalue weighted by atomic mass is 15.3. The number of hydrazine groups is 1. The summed E-state index contributed by atoms with van der Waals surface area (Å²) in [5, 5.41) is 4.57. The van der Waals surface area contributed by atoms with Crippen molar-refractivity contribution in [1.82, 2.24) is 20.4 Å². The smallest absolute Gasteiger partial charge is 0.151 e. The zero-order valence-corrected chi connectivity index (χ0v) is 15.9. The van der Waals surface area contributed by atoms with Crippen LogP contribution < -0.4 is 16.2 Å². The summed E-state index contributed by atoms with van der Waals surface area (Å²) in [5.74, 6) is 0.777. The third kappa shape index (κ3) is 3.92. The molecule has 6 heteroatoms. The van der Waals surface area contributed by atoms with E-state index < -0.39 is 0 Å². The van der Waals surface area contributed by atoms with Gasteiger partial charge >= 0.3 is 0 Å². The lowest BCUT2D eigenvalue weighted by atomic mass is 10.1. The van der Waals surface area contributed by atoms with Crippen molar-refractivity contribution in [2.75, 3.05) is 17.8 Å². The Labute approximate surface area is 164 Å². The maximum atomic E-state index is 4.80. The van der Waals surface area contributed by atoms with Gasteiger partial charge in [0, 0.05) is 42.6 Å². The van der Waals surface area contributed by atoms with Gasteiger partial charge in [-0.05, 0) is 55.0 Å². The molecule has 28 heavy (non-hydrogen) atoms. The maximum Gasteiger partial charge on any atom is 0.151 e. The minimum Gasteiger partial charge on any atom is -0.364 e. The number of fused-ring (bicyclic) bond motifs is 1. The molecule has 0 saturated carbocycles. The first-order chi connectivity index (χ1) is 13.7. The van der Waals surface area contributed by atoms with Crippen molar-refractivity contribution in [3.63, 3.8) is 0 Å². The number of hydrogen-bond donors (Lipinski definition) is 3. The van der Waals surface area contributed by atoms with Gasteiger partial charge in [-0.1, -0.05) is 12.1 Å². The molecular weight excluding hydrogens is 348 g/mol. The molecule has 4 aromatic rings. The molecule has 3 heterocycles. The molecule has 0 aliphatic rings. The number of rotatable bonds is 6. The molecule has 0 atom stereocenters. The molecule has 4 rings (SSSR count). The molecule has 0 aliphatic carbocycles. The van der Waals surface area contributed by atoms with Crippen LogP contribution in [-0.4, -0.2) is 22.0 Å². The molecule has 0 unspecified atom stereocenters. The zero-order chi connectivity index (χ0) is 19.3. The highest BCUT2D eigenvalue weighted by Crippen LogP contribution is 2.25. The average molecular weight is 370 g/mol. The molecule has 0 fully saturated rings. The number of anilines is 2. The molecule has 1 aromatic carbocycles. The van der Waals surface area contributed by atoms with Gasteiger partial charge in [-0.25, -0.2) is 10.4 Å². The average Bonchev–Trinajstić information content (AvgIpc) is 2.73. The topological polar surface area (TPSA) is 74.8 Å². The van der Waals surface area contributed by atoms with Crippen molar-refractivity contribution in [1.29, 1.82) is 0 Å². The second kappa shape index (κ2) is 8.02. The van der Waals surface area contributed by atoms with Crippen LogP contribution in [0.4, 0.5) is 11.5 Å². The summed E-state index contributed by atoms with van der Waals surface area (Å²) in [6.45, 7) is 2.63. The fourth-order valence-electron chi connectivity index (χ4n) is 3.03. The number of aromatic nitrogens is 3. The second-order valence-electron chi connectivity index (χ2n) is 6.54. The predicted molar refractivity (Wildman–Crippen MR) is 114 cm³/mol. The quantitative estimate of drug-likeness (QED) is 0.443. The van der Waals surface area contributed by atoms with Gasteiger partial charge in [-0.3, -0.25) is 9.97 Å². The second-order valence-corrected chi connectivity index (χ2v) is 6.54. The third-order valence-electron chi connectivity index (χ3n) is 4.49. The molecular formula is C22H22N6. The van der Waals surface area contributed by atoms with E-state index in [0.29, 0.717) is 6.54 Å². The third-order valence-corrected chi connectivity index (χ3v) is 4.49. The van der Waals surface area contributed by atoms with E-state index in [1.807, 2.05) is 62.8 Å². The molecule has 0 aliphatic heterocycles. The van der Waals surface area contributed by atoms with Crippen molar-refractivity contribution in [3.8, 4) is 11.3 Å². The molecule has 0 spiro atoms. The lowest BCUT2D eigenvalue weighted by Crippen LogP contribution is -2.17. The van der Waals surface area contributed by atoms with Crippen LogP contribution in [0.1, 0.15) is 11.3 Å². The Morgan fingerprint density at radius 2 is 1.89 bits per heavy atom. The number of pyridine rings is 3. The first kappa shape index (κ1) is 17.9. The van der Waals surface area contributed by atoms with E-state index in [2.05, 4.69) is 44.3 Å². The van der Waals surface area contributed by atoms with Crippen LogP contribution in [0.15, 0.2) is 67.0 Å². The Morgan fingerprint density at radius 3 is 2.71 bits per heavy atom. The summed E-state index contributed by atoms with van der Waals surface area (Å²) in [4.78, 5) is 13.5. The monoisotopic (exact) mass is 370 g/mol.